The summed E-state index contributed by atoms with van der Waals surface area (Å²) in [5.41, 5.74) is 0.184. The van der Waals surface area contributed by atoms with Gasteiger partial charge in [0, 0.05) is 17.8 Å². The summed E-state index contributed by atoms with van der Waals surface area (Å²) in [5.74, 6) is 0. The van der Waals surface area contributed by atoms with Crippen LogP contribution in [0.3, 0.4) is 0 Å². The minimum absolute atomic E-state index is 0.0509. The number of anilines is 1. The molecule has 2 aromatic carbocycles. The van der Waals surface area contributed by atoms with Crippen molar-refractivity contribution in [1.29, 1.82) is 0 Å². The lowest BCUT2D eigenvalue weighted by Crippen LogP contribution is -2.16. The third-order valence-corrected chi connectivity index (χ3v) is 6.47. The van der Waals surface area contributed by atoms with Gasteiger partial charge >= 0.3 is 0 Å². The van der Waals surface area contributed by atoms with Crippen LogP contribution in [0.15, 0.2) is 64.5 Å². The lowest BCUT2D eigenvalue weighted by molar-refractivity contribution is 0.601. The number of sulfonamides is 1. The van der Waals surface area contributed by atoms with E-state index in [1.807, 2.05) is 0 Å². The molecule has 0 spiro atoms. The summed E-state index contributed by atoms with van der Waals surface area (Å²) in [6.07, 6.45) is 2.45. The molecule has 1 heterocycles. The normalized spacial score (nSPS) is 12.2. The second-order valence-electron chi connectivity index (χ2n) is 5.33. The number of hydrogen-bond donors (Lipinski definition) is 1. The van der Waals surface area contributed by atoms with Crippen LogP contribution in [0, 0.1) is 0 Å². The van der Waals surface area contributed by atoms with Crippen LogP contribution in [0.2, 0.25) is 5.02 Å². The number of benzene rings is 2. The molecule has 1 aromatic heterocycles. The van der Waals surface area contributed by atoms with Crippen LogP contribution in [0.25, 0.3) is 10.9 Å². The Morgan fingerprint density at radius 1 is 0.960 bits per heavy atom. The zero-order valence-electron chi connectivity index (χ0n) is 13.0. The molecule has 9 heteroatoms. The van der Waals surface area contributed by atoms with Gasteiger partial charge < -0.3 is 0 Å². The number of nitrogens with zero attached hydrogens (tertiary/aromatic N) is 1. The molecule has 0 aliphatic rings. The first-order valence-electron chi connectivity index (χ1n) is 7.05. The summed E-state index contributed by atoms with van der Waals surface area (Å²) in [4.78, 5) is 3.79. The highest BCUT2D eigenvalue weighted by molar-refractivity contribution is 7.93. The SMILES string of the molecule is CS(=O)(=O)c1c(Cl)cccc1NS(=O)(=O)c1cccc2cccnc12. The van der Waals surface area contributed by atoms with Crippen molar-refractivity contribution in [3.05, 3.63) is 59.8 Å². The fourth-order valence-corrected chi connectivity index (χ4v) is 5.31. The number of halogens is 1. The van der Waals surface area contributed by atoms with Crippen LogP contribution in [-0.2, 0) is 19.9 Å². The minimum atomic E-state index is -4.08. The molecule has 1 N–H and O–H groups in total. The highest BCUT2D eigenvalue weighted by atomic mass is 35.5. The van der Waals surface area contributed by atoms with Crippen molar-refractivity contribution in [3.8, 4) is 0 Å². The molecule has 0 aliphatic heterocycles. The molecule has 3 aromatic rings. The molecular formula is C16H13ClN2O4S2. The number of pyridine rings is 1. The molecular weight excluding hydrogens is 384 g/mol. The number of para-hydroxylation sites is 1. The van der Waals surface area contributed by atoms with Gasteiger partial charge in [-0.3, -0.25) is 9.71 Å². The third kappa shape index (κ3) is 3.46. The molecule has 0 amide bonds. The van der Waals surface area contributed by atoms with Crippen LogP contribution >= 0.6 is 11.6 Å². The average molecular weight is 397 g/mol. The Kier molecular flexibility index (Phi) is 4.44. The molecule has 25 heavy (non-hydrogen) atoms. The second kappa shape index (κ2) is 6.29. The van der Waals surface area contributed by atoms with Gasteiger partial charge in [0.15, 0.2) is 9.84 Å². The molecule has 0 unspecified atom stereocenters. The number of sulfone groups is 1. The molecule has 0 fully saturated rings. The number of nitrogens with one attached hydrogen (secondary N) is 1. The van der Waals surface area contributed by atoms with E-state index in [2.05, 4.69) is 9.71 Å². The zero-order chi connectivity index (χ0) is 18.2. The van der Waals surface area contributed by atoms with Crippen molar-refractivity contribution in [2.24, 2.45) is 0 Å². The predicted octanol–water partition coefficient (Wildman–Crippen LogP) is 3.09. The Bertz CT molecular complexity index is 1170. The van der Waals surface area contributed by atoms with Gasteiger partial charge in [0.05, 0.1) is 16.2 Å². The summed E-state index contributed by atoms with van der Waals surface area (Å²) in [5, 5.41) is 0.596. The number of hydrogen-bond acceptors (Lipinski definition) is 5. The molecule has 3 rings (SSSR count). The van der Waals surface area contributed by atoms with E-state index in [-0.39, 0.29) is 20.5 Å². The molecule has 0 radical (unpaired) electrons. The van der Waals surface area contributed by atoms with Crippen molar-refractivity contribution in [3.63, 3.8) is 0 Å². The Morgan fingerprint density at radius 3 is 2.36 bits per heavy atom. The molecule has 6 nitrogen and oxygen atoms in total. The Balaban J connectivity index is 2.17. The Hall–Kier alpha value is -2.16. The minimum Gasteiger partial charge on any atom is -0.278 e. The summed E-state index contributed by atoms with van der Waals surface area (Å²) >= 11 is 5.96. The van der Waals surface area contributed by atoms with Crippen LogP contribution in [0.4, 0.5) is 5.69 Å². The highest BCUT2D eigenvalue weighted by Crippen LogP contribution is 2.31. The van der Waals surface area contributed by atoms with E-state index in [0.29, 0.717) is 10.9 Å². The smallest absolute Gasteiger partial charge is 0.264 e. The van der Waals surface area contributed by atoms with Crippen molar-refractivity contribution in [2.45, 2.75) is 9.79 Å². The van der Waals surface area contributed by atoms with E-state index in [9.17, 15) is 16.8 Å². The fraction of sp³-hybridized carbons (Fsp3) is 0.0625. The molecule has 0 saturated heterocycles. The number of fused-ring (bicyclic) bond motifs is 1. The lowest BCUT2D eigenvalue weighted by atomic mass is 10.2. The van der Waals surface area contributed by atoms with E-state index >= 15 is 0 Å². The van der Waals surface area contributed by atoms with E-state index in [4.69, 9.17) is 11.6 Å². The van der Waals surface area contributed by atoms with Crippen molar-refractivity contribution >= 4 is 48.1 Å². The Labute approximate surface area is 150 Å². The average Bonchev–Trinajstić information content (AvgIpc) is 2.52. The maximum Gasteiger partial charge on any atom is 0.264 e. The van der Waals surface area contributed by atoms with Gasteiger partial charge in [-0.15, -0.1) is 0 Å². The third-order valence-electron chi connectivity index (χ3n) is 3.47. The molecule has 0 bridgehead atoms. The summed E-state index contributed by atoms with van der Waals surface area (Å²) in [6, 6.07) is 12.4. The van der Waals surface area contributed by atoms with Gasteiger partial charge in [-0.25, -0.2) is 16.8 Å². The largest absolute Gasteiger partial charge is 0.278 e. The van der Waals surface area contributed by atoms with Gasteiger partial charge in [0.25, 0.3) is 10.0 Å². The summed E-state index contributed by atoms with van der Waals surface area (Å²) < 4.78 is 51.9. The second-order valence-corrected chi connectivity index (χ2v) is 9.34. The van der Waals surface area contributed by atoms with Crippen LogP contribution in [0.5, 0.6) is 0 Å². The quantitative estimate of drug-likeness (QED) is 0.731. The van der Waals surface area contributed by atoms with Crippen LogP contribution < -0.4 is 4.72 Å². The topological polar surface area (TPSA) is 93.2 Å². The van der Waals surface area contributed by atoms with E-state index in [0.717, 1.165) is 6.26 Å². The monoisotopic (exact) mass is 396 g/mol. The van der Waals surface area contributed by atoms with E-state index in [1.165, 1.54) is 30.5 Å². The zero-order valence-corrected chi connectivity index (χ0v) is 15.4. The lowest BCUT2D eigenvalue weighted by Gasteiger charge is -2.13. The van der Waals surface area contributed by atoms with E-state index < -0.39 is 19.9 Å². The maximum atomic E-state index is 12.8. The van der Waals surface area contributed by atoms with Gasteiger partial charge in [-0.2, -0.15) is 0 Å². The first-order valence-corrected chi connectivity index (χ1v) is 10.8. The summed E-state index contributed by atoms with van der Waals surface area (Å²) in [6.45, 7) is 0. The van der Waals surface area contributed by atoms with Crippen molar-refractivity contribution in [2.75, 3.05) is 11.0 Å². The van der Waals surface area contributed by atoms with Gasteiger partial charge in [-0.1, -0.05) is 35.9 Å². The first kappa shape index (κ1) is 17.7. The Morgan fingerprint density at radius 2 is 1.64 bits per heavy atom. The van der Waals surface area contributed by atoms with Crippen LogP contribution in [0.1, 0.15) is 0 Å². The van der Waals surface area contributed by atoms with Gasteiger partial charge in [0.2, 0.25) is 0 Å². The fourth-order valence-electron chi connectivity index (χ4n) is 2.46. The van der Waals surface area contributed by atoms with Crippen LogP contribution in [-0.4, -0.2) is 28.1 Å². The van der Waals surface area contributed by atoms with Gasteiger partial charge in [0.1, 0.15) is 9.79 Å². The van der Waals surface area contributed by atoms with E-state index in [1.54, 1.807) is 24.3 Å². The predicted molar refractivity (Wildman–Crippen MR) is 97.1 cm³/mol. The first-order chi connectivity index (χ1) is 11.7. The molecule has 0 saturated carbocycles. The number of aromatic nitrogens is 1. The summed E-state index contributed by atoms with van der Waals surface area (Å²) in [7, 11) is -7.81. The number of rotatable bonds is 4. The van der Waals surface area contributed by atoms with Gasteiger partial charge in [-0.05, 0) is 24.3 Å². The van der Waals surface area contributed by atoms with Crippen molar-refractivity contribution < 1.29 is 16.8 Å². The standard InChI is InChI=1S/C16H13ClN2O4S2/c1-24(20,21)16-12(17)7-3-8-13(16)19-25(22,23)14-9-2-5-11-6-4-10-18-15(11)14/h2-10,19H,1H3. The molecule has 130 valence electrons. The highest BCUT2D eigenvalue weighted by Gasteiger charge is 2.24. The maximum absolute atomic E-state index is 12.8. The molecule has 0 atom stereocenters. The van der Waals surface area contributed by atoms with Crippen molar-refractivity contribution in [1.82, 2.24) is 4.98 Å². The molecule has 0 aliphatic carbocycles.